The van der Waals surface area contributed by atoms with E-state index in [2.05, 4.69) is 22.9 Å². The summed E-state index contributed by atoms with van der Waals surface area (Å²) in [6, 6.07) is 4.71. The smallest absolute Gasteiger partial charge is 0.129 e. The second-order valence-electron chi connectivity index (χ2n) is 3.98. The van der Waals surface area contributed by atoms with Crippen LogP contribution in [0.2, 0.25) is 0 Å². The first kappa shape index (κ1) is 11.4. The van der Waals surface area contributed by atoms with Crippen molar-refractivity contribution in [3.8, 4) is 0 Å². The molecule has 1 nitrogen and oxygen atoms in total. The van der Waals surface area contributed by atoms with E-state index in [1.807, 2.05) is 0 Å². The molecule has 0 aliphatic carbocycles. The van der Waals surface area contributed by atoms with Gasteiger partial charge in [0.1, 0.15) is 11.4 Å². The van der Waals surface area contributed by atoms with Gasteiger partial charge in [0.2, 0.25) is 0 Å². The largest absolute Gasteiger partial charge is 0.384 e. The van der Waals surface area contributed by atoms with Gasteiger partial charge in [-0.3, -0.25) is 0 Å². The molecule has 4 heteroatoms. The Bertz CT molecular complexity index is 385. The van der Waals surface area contributed by atoms with Gasteiger partial charge in [-0.15, -0.1) is 0 Å². The van der Waals surface area contributed by atoms with Crippen LogP contribution in [-0.4, -0.2) is 16.1 Å². The highest BCUT2D eigenvalue weighted by Gasteiger charge is 2.39. The molecule has 82 valence electrons. The van der Waals surface area contributed by atoms with Crippen LogP contribution in [0.1, 0.15) is 18.9 Å². The first-order valence-corrected chi connectivity index (χ1v) is 6.65. The Kier molecular flexibility index (Phi) is 3.10. The second-order valence-corrected chi connectivity index (χ2v) is 6.32. The lowest BCUT2D eigenvalue weighted by Gasteiger charge is -2.23. The monoisotopic (exact) mass is 290 g/mol. The molecule has 1 aromatic carbocycles. The molecule has 0 saturated carbocycles. The van der Waals surface area contributed by atoms with Crippen molar-refractivity contribution in [1.82, 2.24) is 0 Å². The lowest BCUT2D eigenvalue weighted by molar-refractivity contribution is 0.0573. The zero-order valence-electron chi connectivity index (χ0n) is 8.34. The average molecular weight is 291 g/mol. The molecular weight excluding hydrogens is 279 g/mol. The molecule has 0 amide bonds. The van der Waals surface area contributed by atoms with Gasteiger partial charge in [-0.25, -0.2) is 4.39 Å². The number of rotatable bonds is 1. The van der Waals surface area contributed by atoms with E-state index in [1.54, 1.807) is 23.9 Å². The lowest BCUT2D eigenvalue weighted by atomic mass is 9.91. The number of thioether (sulfide) groups is 1. The summed E-state index contributed by atoms with van der Waals surface area (Å²) in [5.74, 6) is 0.247. The summed E-state index contributed by atoms with van der Waals surface area (Å²) in [5.41, 5.74) is -0.591. The third-order valence-electron chi connectivity index (χ3n) is 2.66. The minimum Gasteiger partial charge on any atom is -0.384 e. The molecule has 2 rings (SSSR count). The van der Waals surface area contributed by atoms with Crippen LogP contribution in [0.4, 0.5) is 4.39 Å². The summed E-state index contributed by atoms with van der Waals surface area (Å²) >= 11 is 4.98. The molecule has 2 atom stereocenters. The molecule has 1 aliphatic heterocycles. The maximum absolute atomic E-state index is 13.6. The normalized spacial score (nSPS) is 30.8. The topological polar surface area (TPSA) is 20.2 Å². The molecule has 1 aliphatic rings. The van der Waals surface area contributed by atoms with Gasteiger partial charge in [0.15, 0.2) is 0 Å². The summed E-state index contributed by atoms with van der Waals surface area (Å²) < 4.78 is 14.4. The zero-order valence-corrected chi connectivity index (χ0v) is 10.7. The quantitative estimate of drug-likeness (QED) is 0.856. The summed E-state index contributed by atoms with van der Waals surface area (Å²) in [4.78, 5) is 0. The van der Waals surface area contributed by atoms with E-state index < -0.39 is 5.60 Å². The fourth-order valence-corrected chi connectivity index (χ4v) is 3.50. The van der Waals surface area contributed by atoms with E-state index >= 15 is 0 Å². The Balaban J connectivity index is 2.40. The molecule has 1 fully saturated rings. The lowest BCUT2D eigenvalue weighted by Crippen LogP contribution is -2.26. The van der Waals surface area contributed by atoms with Gasteiger partial charge in [-0.05, 0) is 24.6 Å². The van der Waals surface area contributed by atoms with Gasteiger partial charge in [-0.1, -0.05) is 22.9 Å². The molecule has 1 aromatic rings. The van der Waals surface area contributed by atoms with E-state index in [0.29, 0.717) is 23.0 Å². The maximum atomic E-state index is 13.6. The van der Waals surface area contributed by atoms with Crippen LogP contribution >= 0.6 is 27.7 Å². The van der Waals surface area contributed by atoms with Crippen LogP contribution in [0.3, 0.4) is 0 Å². The minimum atomic E-state index is -1.00. The van der Waals surface area contributed by atoms with E-state index in [0.717, 1.165) is 4.47 Å². The molecule has 2 unspecified atom stereocenters. The van der Waals surface area contributed by atoms with Crippen LogP contribution in [0.25, 0.3) is 0 Å². The fourth-order valence-electron chi connectivity index (χ4n) is 1.92. The molecule has 1 N–H and O–H groups in total. The molecule has 0 aromatic heterocycles. The van der Waals surface area contributed by atoms with Crippen molar-refractivity contribution in [2.24, 2.45) is 0 Å². The Hall–Kier alpha value is -0.0600. The Labute approximate surface area is 101 Å². The van der Waals surface area contributed by atoms with Crippen molar-refractivity contribution >= 4 is 27.7 Å². The van der Waals surface area contributed by atoms with Gasteiger partial charge in [0, 0.05) is 21.0 Å². The van der Waals surface area contributed by atoms with Crippen LogP contribution < -0.4 is 0 Å². The predicted molar refractivity (Wildman–Crippen MR) is 64.5 cm³/mol. The van der Waals surface area contributed by atoms with Crippen molar-refractivity contribution in [2.75, 3.05) is 5.75 Å². The van der Waals surface area contributed by atoms with Gasteiger partial charge in [-0.2, -0.15) is 11.8 Å². The van der Waals surface area contributed by atoms with E-state index in [9.17, 15) is 9.50 Å². The van der Waals surface area contributed by atoms with E-state index in [4.69, 9.17) is 0 Å². The molecule has 15 heavy (non-hydrogen) atoms. The molecule has 0 bridgehead atoms. The highest BCUT2D eigenvalue weighted by Crippen LogP contribution is 2.42. The third kappa shape index (κ3) is 2.22. The molecular formula is C11H12BrFOS. The molecule has 0 spiro atoms. The molecule has 0 radical (unpaired) electrons. The van der Waals surface area contributed by atoms with Crippen molar-refractivity contribution in [2.45, 2.75) is 24.2 Å². The Morgan fingerprint density at radius 2 is 2.33 bits per heavy atom. The standard InChI is InChI=1S/C11H12BrFOS/c1-7-5-11(14,6-15-7)9-4-8(12)2-3-10(9)13/h2-4,7,14H,5-6H2,1H3. The number of benzene rings is 1. The van der Waals surface area contributed by atoms with E-state index in [-0.39, 0.29) is 5.82 Å². The van der Waals surface area contributed by atoms with Crippen molar-refractivity contribution in [3.05, 3.63) is 34.1 Å². The average Bonchev–Trinajstić information content (AvgIpc) is 2.52. The van der Waals surface area contributed by atoms with Gasteiger partial charge < -0.3 is 5.11 Å². The van der Waals surface area contributed by atoms with Gasteiger partial charge in [0.25, 0.3) is 0 Å². The zero-order chi connectivity index (χ0) is 11.1. The summed E-state index contributed by atoms with van der Waals surface area (Å²) in [5, 5.41) is 10.7. The summed E-state index contributed by atoms with van der Waals surface area (Å²) in [7, 11) is 0. The Morgan fingerprint density at radius 3 is 2.93 bits per heavy atom. The third-order valence-corrected chi connectivity index (χ3v) is 4.53. The molecule has 1 heterocycles. The number of hydrogen-bond acceptors (Lipinski definition) is 2. The van der Waals surface area contributed by atoms with Gasteiger partial charge >= 0.3 is 0 Å². The minimum absolute atomic E-state index is 0.324. The SMILES string of the molecule is CC1CC(O)(c2cc(Br)ccc2F)CS1. The highest BCUT2D eigenvalue weighted by atomic mass is 79.9. The highest BCUT2D eigenvalue weighted by molar-refractivity contribution is 9.10. The Morgan fingerprint density at radius 1 is 1.60 bits per heavy atom. The van der Waals surface area contributed by atoms with Gasteiger partial charge in [0.05, 0.1) is 0 Å². The summed E-state index contributed by atoms with van der Waals surface area (Å²) in [6.45, 7) is 2.05. The maximum Gasteiger partial charge on any atom is 0.129 e. The van der Waals surface area contributed by atoms with Crippen LogP contribution in [0.15, 0.2) is 22.7 Å². The van der Waals surface area contributed by atoms with Crippen LogP contribution in [0.5, 0.6) is 0 Å². The number of halogens is 2. The number of aliphatic hydroxyl groups is 1. The van der Waals surface area contributed by atoms with Crippen molar-refractivity contribution in [3.63, 3.8) is 0 Å². The summed E-state index contributed by atoms with van der Waals surface area (Å²) in [6.07, 6.45) is 0.616. The predicted octanol–water partition coefficient (Wildman–Crippen LogP) is 3.30. The van der Waals surface area contributed by atoms with Crippen molar-refractivity contribution in [1.29, 1.82) is 0 Å². The van der Waals surface area contributed by atoms with Crippen LogP contribution in [0, 0.1) is 5.82 Å². The fraction of sp³-hybridized carbons (Fsp3) is 0.455. The first-order valence-electron chi connectivity index (χ1n) is 4.81. The van der Waals surface area contributed by atoms with Crippen molar-refractivity contribution < 1.29 is 9.50 Å². The van der Waals surface area contributed by atoms with Crippen LogP contribution in [-0.2, 0) is 5.60 Å². The number of hydrogen-bond donors (Lipinski definition) is 1. The van der Waals surface area contributed by atoms with E-state index in [1.165, 1.54) is 6.07 Å². The second kappa shape index (κ2) is 4.07. The first-order chi connectivity index (χ1) is 7.01. The molecule has 1 saturated heterocycles.